The van der Waals surface area contributed by atoms with E-state index in [1.165, 1.54) is 6.20 Å². The van der Waals surface area contributed by atoms with Crippen molar-refractivity contribution in [1.29, 1.82) is 5.26 Å². The van der Waals surface area contributed by atoms with Crippen LogP contribution in [0, 0.1) is 16.7 Å². The largest absolute Gasteiger partial charge is 0.481 e. The standard InChI is InChI=1S/C13H17N3O2/c1-13(2,3)10(6-12(17)18)16-11-5-4-9(7-14)8-15-11/h4-5,8,10H,6H2,1-3H3,(H,15,16)(H,17,18). The van der Waals surface area contributed by atoms with Crippen LogP contribution in [0.4, 0.5) is 5.82 Å². The summed E-state index contributed by atoms with van der Waals surface area (Å²) in [7, 11) is 0. The average Bonchev–Trinajstić information content (AvgIpc) is 2.27. The number of anilines is 1. The zero-order valence-corrected chi connectivity index (χ0v) is 10.8. The van der Waals surface area contributed by atoms with E-state index >= 15 is 0 Å². The Labute approximate surface area is 106 Å². The number of rotatable bonds is 4. The van der Waals surface area contributed by atoms with Crippen LogP contribution in [-0.4, -0.2) is 22.1 Å². The van der Waals surface area contributed by atoms with Crippen LogP contribution in [0.2, 0.25) is 0 Å². The molecule has 2 N–H and O–H groups in total. The Hall–Kier alpha value is -2.09. The van der Waals surface area contributed by atoms with Crippen LogP contribution in [0.1, 0.15) is 32.8 Å². The molecular weight excluding hydrogens is 230 g/mol. The van der Waals surface area contributed by atoms with Crippen molar-refractivity contribution in [2.45, 2.75) is 33.2 Å². The van der Waals surface area contributed by atoms with Gasteiger partial charge < -0.3 is 10.4 Å². The molecule has 5 nitrogen and oxygen atoms in total. The van der Waals surface area contributed by atoms with E-state index in [0.29, 0.717) is 11.4 Å². The summed E-state index contributed by atoms with van der Waals surface area (Å²) in [5, 5.41) is 20.7. The number of nitrogens with one attached hydrogen (secondary N) is 1. The third kappa shape index (κ3) is 4.06. The van der Waals surface area contributed by atoms with Gasteiger partial charge in [0.1, 0.15) is 11.9 Å². The highest BCUT2D eigenvalue weighted by molar-refractivity contribution is 5.68. The molecule has 0 fully saturated rings. The zero-order chi connectivity index (χ0) is 13.8. The molecule has 0 amide bonds. The maximum Gasteiger partial charge on any atom is 0.305 e. The summed E-state index contributed by atoms with van der Waals surface area (Å²) in [4.78, 5) is 14.9. The lowest BCUT2D eigenvalue weighted by molar-refractivity contribution is -0.137. The first kappa shape index (κ1) is 14.0. The zero-order valence-electron chi connectivity index (χ0n) is 10.8. The van der Waals surface area contributed by atoms with Crippen molar-refractivity contribution in [3.05, 3.63) is 23.9 Å². The minimum atomic E-state index is -0.851. The van der Waals surface area contributed by atoms with Crippen LogP contribution >= 0.6 is 0 Å². The van der Waals surface area contributed by atoms with Crippen LogP contribution < -0.4 is 5.32 Å². The highest BCUT2D eigenvalue weighted by Gasteiger charge is 2.27. The highest BCUT2D eigenvalue weighted by Crippen LogP contribution is 2.25. The van der Waals surface area contributed by atoms with E-state index in [0.717, 1.165) is 0 Å². The Morgan fingerprint density at radius 3 is 2.61 bits per heavy atom. The van der Waals surface area contributed by atoms with E-state index in [1.54, 1.807) is 12.1 Å². The smallest absolute Gasteiger partial charge is 0.305 e. The van der Waals surface area contributed by atoms with Gasteiger partial charge in [-0.15, -0.1) is 0 Å². The Bertz CT molecular complexity index is 455. The predicted octanol–water partition coefficient (Wildman–Crippen LogP) is 2.25. The molecule has 0 radical (unpaired) electrons. The summed E-state index contributed by atoms with van der Waals surface area (Å²) in [6.07, 6.45) is 1.48. The molecule has 1 aromatic rings. The fourth-order valence-corrected chi connectivity index (χ4v) is 1.47. The topological polar surface area (TPSA) is 86.0 Å². The number of nitriles is 1. The van der Waals surface area contributed by atoms with Crippen molar-refractivity contribution in [1.82, 2.24) is 4.98 Å². The third-order valence-corrected chi connectivity index (χ3v) is 2.64. The van der Waals surface area contributed by atoms with Gasteiger partial charge in [-0.05, 0) is 17.5 Å². The van der Waals surface area contributed by atoms with Gasteiger partial charge in [0.15, 0.2) is 0 Å². The first-order valence-electron chi connectivity index (χ1n) is 5.67. The molecule has 0 bridgehead atoms. The molecule has 0 saturated carbocycles. The van der Waals surface area contributed by atoms with Crippen LogP contribution in [0.3, 0.4) is 0 Å². The Balaban J connectivity index is 2.83. The normalized spacial score (nSPS) is 12.6. The summed E-state index contributed by atoms with van der Waals surface area (Å²) < 4.78 is 0. The summed E-state index contributed by atoms with van der Waals surface area (Å²) >= 11 is 0. The molecule has 5 heteroatoms. The van der Waals surface area contributed by atoms with E-state index in [9.17, 15) is 4.79 Å². The molecule has 0 aliphatic heterocycles. The van der Waals surface area contributed by atoms with Gasteiger partial charge in [-0.25, -0.2) is 4.98 Å². The predicted molar refractivity (Wildman–Crippen MR) is 68.1 cm³/mol. The Morgan fingerprint density at radius 2 is 2.22 bits per heavy atom. The summed E-state index contributed by atoms with van der Waals surface area (Å²) in [6.45, 7) is 5.91. The number of carboxylic acid groups (broad SMARTS) is 1. The van der Waals surface area contributed by atoms with Gasteiger partial charge in [0.05, 0.1) is 12.0 Å². The lowest BCUT2D eigenvalue weighted by Gasteiger charge is -2.30. The average molecular weight is 247 g/mol. The molecule has 0 spiro atoms. The molecule has 0 saturated heterocycles. The fourth-order valence-electron chi connectivity index (χ4n) is 1.47. The maximum atomic E-state index is 10.8. The minimum absolute atomic E-state index is 0.0190. The number of nitrogens with zero attached hydrogens (tertiary/aromatic N) is 2. The molecule has 0 aliphatic rings. The van der Waals surface area contributed by atoms with E-state index in [4.69, 9.17) is 10.4 Å². The van der Waals surface area contributed by atoms with Crippen LogP contribution in [0.15, 0.2) is 18.3 Å². The van der Waals surface area contributed by atoms with Crippen molar-refractivity contribution in [3.63, 3.8) is 0 Å². The van der Waals surface area contributed by atoms with Gasteiger partial charge in [-0.1, -0.05) is 20.8 Å². The molecule has 1 unspecified atom stereocenters. The molecule has 0 aromatic carbocycles. The number of carboxylic acids is 1. The third-order valence-electron chi connectivity index (χ3n) is 2.64. The molecule has 18 heavy (non-hydrogen) atoms. The summed E-state index contributed by atoms with van der Waals surface area (Å²) in [5.74, 6) is -0.272. The molecule has 1 heterocycles. The second-order valence-corrected chi connectivity index (χ2v) is 5.20. The SMILES string of the molecule is CC(C)(C)C(CC(=O)O)Nc1ccc(C#N)cn1. The monoisotopic (exact) mass is 247 g/mol. The van der Waals surface area contributed by atoms with Crippen molar-refractivity contribution < 1.29 is 9.90 Å². The lowest BCUT2D eigenvalue weighted by Crippen LogP contribution is -2.36. The number of aromatic nitrogens is 1. The molecule has 1 aromatic heterocycles. The van der Waals surface area contributed by atoms with Crippen LogP contribution in [0.25, 0.3) is 0 Å². The number of aliphatic carboxylic acids is 1. The molecule has 1 atom stereocenters. The van der Waals surface area contributed by atoms with Gasteiger partial charge in [-0.3, -0.25) is 4.79 Å². The number of hydrogen-bond donors (Lipinski definition) is 2. The first-order valence-corrected chi connectivity index (χ1v) is 5.67. The Kier molecular flexibility index (Phi) is 4.27. The number of pyridine rings is 1. The number of carbonyl (C=O) groups is 1. The van der Waals surface area contributed by atoms with Crippen LogP contribution in [-0.2, 0) is 4.79 Å². The molecule has 0 aliphatic carbocycles. The molecular formula is C13H17N3O2. The quantitative estimate of drug-likeness (QED) is 0.852. The van der Waals surface area contributed by atoms with Crippen molar-refractivity contribution in [3.8, 4) is 6.07 Å². The van der Waals surface area contributed by atoms with Crippen molar-refractivity contribution in [2.75, 3.05) is 5.32 Å². The van der Waals surface area contributed by atoms with Gasteiger partial charge in [0, 0.05) is 12.2 Å². The maximum absolute atomic E-state index is 10.8. The highest BCUT2D eigenvalue weighted by atomic mass is 16.4. The van der Waals surface area contributed by atoms with Gasteiger partial charge in [-0.2, -0.15) is 5.26 Å². The van der Waals surface area contributed by atoms with Crippen molar-refractivity contribution >= 4 is 11.8 Å². The molecule has 96 valence electrons. The minimum Gasteiger partial charge on any atom is -0.481 e. The second kappa shape index (κ2) is 5.50. The number of hydrogen-bond acceptors (Lipinski definition) is 4. The van der Waals surface area contributed by atoms with Crippen molar-refractivity contribution in [2.24, 2.45) is 5.41 Å². The first-order chi connectivity index (χ1) is 8.32. The van der Waals surface area contributed by atoms with Gasteiger partial charge >= 0.3 is 5.97 Å². The lowest BCUT2D eigenvalue weighted by atomic mass is 9.85. The molecule has 1 rings (SSSR count). The van der Waals surface area contributed by atoms with Gasteiger partial charge in [0.2, 0.25) is 0 Å². The van der Waals surface area contributed by atoms with E-state index < -0.39 is 5.97 Å². The van der Waals surface area contributed by atoms with Gasteiger partial charge in [0.25, 0.3) is 0 Å². The van der Waals surface area contributed by atoms with E-state index in [2.05, 4.69) is 10.3 Å². The van der Waals surface area contributed by atoms with E-state index in [1.807, 2.05) is 26.8 Å². The van der Waals surface area contributed by atoms with E-state index in [-0.39, 0.29) is 17.9 Å². The second-order valence-electron chi connectivity index (χ2n) is 5.20. The summed E-state index contributed by atoms with van der Waals surface area (Å²) in [6, 6.07) is 5.09. The Morgan fingerprint density at radius 1 is 1.56 bits per heavy atom. The fraction of sp³-hybridized carbons (Fsp3) is 0.462. The summed E-state index contributed by atoms with van der Waals surface area (Å²) in [5.41, 5.74) is 0.277. The van der Waals surface area contributed by atoms with Crippen LogP contribution in [0.5, 0.6) is 0 Å².